The normalized spacial score (nSPS) is 33.2. The SMILES string of the molecule is COC1CCN(C[C@@H](C)N)C(C)C1. The van der Waals surface area contributed by atoms with Gasteiger partial charge in [-0.25, -0.2) is 0 Å². The van der Waals surface area contributed by atoms with E-state index < -0.39 is 0 Å². The van der Waals surface area contributed by atoms with Gasteiger partial charge in [-0.1, -0.05) is 0 Å². The van der Waals surface area contributed by atoms with E-state index in [2.05, 4.69) is 18.7 Å². The van der Waals surface area contributed by atoms with Gasteiger partial charge in [0.1, 0.15) is 0 Å². The molecule has 1 aliphatic rings. The first kappa shape index (κ1) is 11.0. The minimum atomic E-state index is 0.279. The van der Waals surface area contributed by atoms with Crippen LogP contribution in [0.15, 0.2) is 0 Å². The fraction of sp³-hybridized carbons (Fsp3) is 1.00. The van der Waals surface area contributed by atoms with E-state index in [4.69, 9.17) is 10.5 Å². The van der Waals surface area contributed by atoms with Crippen molar-refractivity contribution in [3.8, 4) is 0 Å². The molecule has 1 aliphatic heterocycles. The monoisotopic (exact) mass is 186 g/mol. The van der Waals surface area contributed by atoms with Crippen molar-refractivity contribution in [3.05, 3.63) is 0 Å². The molecule has 3 heteroatoms. The molecular formula is C10H22N2O. The van der Waals surface area contributed by atoms with Crippen LogP contribution in [0.4, 0.5) is 0 Å². The van der Waals surface area contributed by atoms with E-state index in [0.29, 0.717) is 12.1 Å². The molecule has 3 atom stereocenters. The third-order valence-electron chi connectivity index (χ3n) is 2.82. The van der Waals surface area contributed by atoms with Crippen LogP contribution in [-0.2, 0) is 4.74 Å². The molecule has 0 aromatic carbocycles. The Morgan fingerprint density at radius 3 is 2.77 bits per heavy atom. The second-order valence-corrected chi connectivity index (χ2v) is 4.20. The van der Waals surface area contributed by atoms with E-state index in [9.17, 15) is 0 Å². The lowest BCUT2D eigenvalue weighted by Crippen LogP contribution is -2.47. The van der Waals surface area contributed by atoms with Gasteiger partial charge in [0.15, 0.2) is 0 Å². The molecular weight excluding hydrogens is 164 g/mol. The Labute approximate surface area is 81.2 Å². The lowest BCUT2D eigenvalue weighted by molar-refractivity contribution is 0.0146. The minimum Gasteiger partial charge on any atom is -0.381 e. The molecule has 0 saturated carbocycles. The van der Waals surface area contributed by atoms with Gasteiger partial charge in [0.25, 0.3) is 0 Å². The van der Waals surface area contributed by atoms with Gasteiger partial charge in [0.05, 0.1) is 6.10 Å². The fourth-order valence-corrected chi connectivity index (χ4v) is 2.03. The van der Waals surface area contributed by atoms with Crippen molar-refractivity contribution in [1.29, 1.82) is 0 Å². The highest BCUT2D eigenvalue weighted by Gasteiger charge is 2.25. The molecule has 0 aliphatic carbocycles. The number of piperidine rings is 1. The largest absolute Gasteiger partial charge is 0.381 e. The van der Waals surface area contributed by atoms with E-state index in [-0.39, 0.29) is 6.04 Å². The first-order valence-electron chi connectivity index (χ1n) is 5.16. The molecule has 1 rings (SSSR count). The van der Waals surface area contributed by atoms with Crippen molar-refractivity contribution < 1.29 is 4.74 Å². The minimum absolute atomic E-state index is 0.279. The van der Waals surface area contributed by atoms with Crippen molar-refractivity contribution in [3.63, 3.8) is 0 Å². The molecule has 0 spiro atoms. The van der Waals surface area contributed by atoms with Gasteiger partial charge in [0, 0.05) is 32.3 Å². The van der Waals surface area contributed by atoms with Crippen LogP contribution < -0.4 is 5.73 Å². The summed E-state index contributed by atoms with van der Waals surface area (Å²) in [5.74, 6) is 0. The summed E-state index contributed by atoms with van der Waals surface area (Å²) in [5.41, 5.74) is 5.78. The highest BCUT2D eigenvalue weighted by Crippen LogP contribution is 2.18. The molecule has 1 fully saturated rings. The van der Waals surface area contributed by atoms with E-state index in [1.54, 1.807) is 7.11 Å². The van der Waals surface area contributed by atoms with Gasteiger partial charge in [-0.15, -0.1) is 0 Å². The zero-order valence-electron chi connectivity index (χ0n) is 8.99. The Bertz CT molecular complexity index is 150. The number of ether oxygens (including phenoxy) is 1. The van der Waals surface area contributed by atoms with Crippen molar-refractivity contribution in [2.24, 2.45) is 5.73 Å². The van der Waals surface area contributed by atoms with Crippen molar-refractivity contribution in [2.75, 3.05) is 20.2 Å². The predicted octanol–water partition coefficient (Wildman–Crippen LogP) is 0.833. The van der Waals surface area contributed by atoms with Gasteiger partial charge in [0.2, 0.25) is 0 Å². The summed E-state index contributed by atoms with van der Waals surface area (Å²) in [6.45, 7) is 6.46. The second-order valence-electron chi connectivity index (χ2n) is 4.20. The van der Waals surface area contributed by atoms with Crippen LogP contribution in [-0.4, -0.2) is 43.3 Å². The number of hydrogen-bond acceptors (Lipinski definition) is 3. The third-order valence-corrected chi connectivity index (χ3v) is 2.82. The topological polar surface area (TPSA) is 38.5 Å². The lowest BCUT2D eigenvalue weighted by Gasteiger charge is -2.37. The zero-order chi connectivity index (χ0) is 9.84. The van der Waals surface area contributed by atoms with E-state index in [0.717, 1.165) is 25.9 Å². The average Bonchev–Trinajstić information content (AvgIpc) is 2.08. The van der Waals surface area contributed by atoms with Crippen molar-refractivity contribution in [1.82, 2.24) is 4.90 Å². The third kappa shape index (κ3) is 3.25. The quantitative estimate of drug-likeness (QED) is 0.709. The van der Waals surface area contributed by atoms with Crippen LogP contribution in [0.3, 0.4) is 0 Å². The first-order valence-corrected chi connectivity index (χ1v) is 5.16. The summed E-state index contributed by atoms with van der Waals surface area (Å²) < 4.78 is 5.36. The Balaban J connectivity index is 2.35. The molecule has 78 valence electrons. The molecule has 13 heavy (non-hydrogen) atoms. The highest BCUT2D eigenvalue weighted by atomic mass is 16.5. The molecule has 3 nitrogen and oxygen atoms in total. The molecule has 0 aromatic heterocycles. The summed E-state index contributed by atoms with van der Waals surface area (Å²) in [6, 6.07) is 0.895. The average molecular weight is 186 g/mol. The molecule has 0 radical (unpaired) electrons. The van der Waals surface area contributed by atoms with Crippen LogP contribution in [0.25, 0.3) is 0 Å². The molecule has 2 N–H and O–H groups in total. The van der Waals surface area contributed by atoms with Crippen molar-refractivity contribution >= 4 is 0 Å². The maximum Gasteiger partial charge on any atom is 0.0598 e. The van der Waals surface area contributed by atoms with Gasteiger partial charge < -0.3 is 10.5 Å². The van der Waals surface area contributed by atoms with E-state index >= 15 is 0 Å². The molecule has 1 heterocycles. The second kappa shape index (κ2) is 4.94. The number of nitrogens with two attached hydrogens (primary N) is 1. The number of likely N-dealkylation sites (tertiary alicyclic amines) is 1. The Kier molecular flexibility index (Phi) is 4.16. The summed E-state index contributed by atoms with van der Waals surface area (Å²) in [4.78, 5) is 2.46. The number of methoxy groups -OCH3 is 1. The summed E-state index contributed by atoms with van der Waals surface area (Å²) in [5, 5.41) is 0. The molecule has 2 unspecified atom stereocenters. The van der Waals surface area contributed by atoms with Gasteiger partial charge >= 0.3 is 0 Å². The van der Waals surface area contributed by atoms with Gasteiger partial charge in [-0.3, -0.25) is 4.90 Å². The van der Waals surface area contributed by atoms with Crippen LogP contribution in [0, 0.1) is 0 Å². The van der Waals surface area contributed by atoms with E-state index in [1.165, 1.54) is 0 Å². The summed E-state index contributed by atoms with van der Waals surface area (Å²) >= 11 is 0. The van der Waals surface area contributed by atoms with Crippen LogP contribution in [0.2, 0.25) is 0 Å². The number of hydrogen-bond donors (Lipinski definition) is 1. The van der Waals surface area contributed by atoms with Gasteiger partial charge in [-0.2, -0.15) is 0 Å². The maximum absolute atomic E-state index is 5.78. The Morgan fingerprint density at radius 2 is 2.31 bits per heavy atom. The van der Waals surface area contributed by atoms with Crippen LogP contribution in [0.1, 0.15) is 26.7 Å². The van der Waals surface area contributed by atoms with E-state index in [1.807, 2.05) is 0 Å². The number of rotatable bonds is 3. The predicted molar refractivity (Wildman–Crippen MR) is 54.7 cm³/mol. The highest BCUT2D eigenvalue weighted by molar-refractivity contribution is 4.80. The van der Waals surface area contributed by atoms with Crippen LogP contribution in [0.5, 0.6) is 0 Å². The summed E-state index contributed by atoms with van der Waals surface area (Å²) in [6.07, 6.45) is 2.75. The molecule has 0 amide bonds. The fourth-order valence-electron chi connectivity index (χ4n) is 2.03. The first-order chi connectivity index (χ1) is 6.13. The Hall–Kier alpha value is -0.120. The lowest BCUT2D eigenvalue weighted by atomic mass is 10.0. The molecule has 0 bridgehead atoms. The molecule has 0 aromatic rings. The zero-order valence-corrected chi connectivity index (χ0v) is 8.99. The smallest absolute Gasteiger partial charge is 0.0598 e. The molecule has 1 saturated heterocycles. The Morgan fingerprint density at radius 1 is 1.62 bits per heavy atom. The van der Waals surface area contributed by atoms with Crippen molar-refractivity contribution in [2.45, 2.75) is 44.9 Å². The standard InChI is InChI=1S/C10H22N2O/c1-8(11)7-12-5-4-10(13-3)6-9(12)2/h8-10H,4-7,11H2,1-3H3/t8-,9?,10?/m1/s1. The maximum atomic E-state index is 5.78. The number of nitrogens with zero attached hydrogens (tertiary/aromatic N) is 1. The van der Waals surface area contributed by atoms with Crippen LogP contribution >= 0.6 is 0 Å². The summed E-state index contributed by atoms with van der Waals surface area (Å²) in [7, 11) is 1.80. The van der Waals surface area contributed by atoms with Gasteiger partial charge in [-0.05, 0) is 26.7 Å².